The summed E-state index contributed by atoms with van der Waals surface area (Å²) in [6.45, 7) is 0.616. The summed E-state index contributed by atoms with van der Waals surface area (Å²) < 4.78 is 6.72. The first-order valence-corrected chi connectivity index (χ1v) is 5.68. The van der Waals surface area contributed by atoms with E-state index in [-0.39, 0.29) is 0 Å². The Morgan fingerprint density at radius 3 is 2.89 bits per heavy atom. The summed E-state index contributed by atoms with van der Waals surface area (Å²) in [5.41, 5.74) is 0.724. The number of nitrogens with zero attached hydrogens (tertiary/aromatic N) is 5. The molecule has 7 heteroatoms. The maximum Gasteiger partial charge on any atom is 0.229 e. The lowest BCUT2D eigenvalue weighted by Crippen LogP contribution is -2.12. The van der Waals surface area contributed by atoms with Crippen molar-refractivity contribution in [2.75, 3.05) is 14.1 Å². The van der Waals surface area contributed by atoms with Crippen LogP contribution in [0.1, 0.15) is 23.5 Å². The molecule has 1 unspecified atom stereocenters. The van der Waals surface area contributed by atoms with Crippen molar-refractivity contribution >= 4 is 0 Å². The Labute approximate surface area is 105 Å². The van der Waals surface area contributed by atoms with E-state index in [2.05, 4.69) is 15.2 Å². The molecular formula is C11H17N5O2. The molecule has 0 aliphatic heterocycles. The van der Waals surface area contributed by atoms with Gasteiger partial charge in [0.25, 0.3) is 0 Å². The van der Waals surface area contributed by atoms with Gasteiger partial charge in [-0.2, -0.15) is 10.1 Å². The van der Waals surface area contributed by atoms with Crippen LogP contribution in [-0.4, -0.2) is 44.0 Å². The highest BCUT2D eigenvalue weighted by Gasteiger charge is 2.16. The number of rotatable bonds is 5. The lowest BCUT2D eigenvalue weighted by Gasteiger charge is -2.07. The van der Waals surface area contributed by atoms with Crippen molar-refractivity contribution in [1.29, 1.82) is 0 Å². The first-order valence-electron chi connectivity index (χ1n) is 5.68. The maximum absolute atomic E-state index is 10.0. The summed E-state index contributed by atoms with van der Waals surface area (Å²) >= 11 is 0. The van der Waals surface area contributed by atoms with Gasteiger partial charge in [0.05, 0.1) is 18.7 Å². The highest BCUT2D eigenvalue weighted by molar-refractivity contribution is 5.06. The third-order valence-electron chi connectivity index (χ3n) is 2.54. The molecular weight excluding hydrogens is 234 g/mol. The molecule has 2 aromatic rings. The molecule has 98 valence electrons. The summed E-state index contributed by atoms with van der Waals surface area (Å²) in [5.74, 6) is 1.05. The van der Waals surface area contributed by atoms with E-state index in [1.54, 1.807) is 24.0 Å². The van der Waals surface area contributed by atoms with Crippen molar-refractivity contribution in [2.24, 2.45) is 7.05 Å². The van der Waals surface area contributed by atoms with Gasteiger partial charge in [-0.3, -0.25) is 4.68 Å². The SMILES string of the molecule is CN(C)Cc1noc(CC(O)c2ccnn2C)n1. The van der Waals surface area contributed by atoms with E-state index >= 15 is 0 Å². The third kappa shape index (κ3) is 2.93. The summed E-state index contributed by atoms with van der Waals surface area (Å²) in [6, 6.07) is 1.77. The Morgan fingerprint density at radius 1 is 1.50 bits per heavy atom. The van der Waals surface area contributed by atoms with Gasteiger partial charge >= 0.3 is 0 Å². The normalized spacial score (nSPS) is 13.2. The summed E-state index contributed by atoms with van der Waals surface area (Å²) in [6.07, 6.45) is 1.24. The van der Waals surface area contributed by atoms with Gasteiger partial charge in [0.2, 0.25) is 5.89 Å². The van der Waals surface area contributed by atoms with Crippen molar-refractivity contribution in [1.82, 2.24) is 24.8 Å². The fourth-order valence-corrected chi connectivity index (χ4v) is 1.70. The minimum atomic E-state index is -0.690. The van der Waals surface area contributed by atoms with Gasteiger partial charge < -0.3 is 14.5 Å². The summed E-state index contributed by atoms with van der Waals surface area (Å²) in [5, 5.41) is 17.9. The third-order valence-corrected chi connectivity index (χ3v) is 2.54. The summed E-state index contributed by atoms with van der Waals surface area (Å²) in [7, 11) is 5.64. The molecule has 0 spiro atoms. The molecule has 2 rings (SSSR count). The van der Waals surface area contributed by atoms with E-state index in [9.17, 15) is 5.11 Å². The predicted octanol–water partition coefficient (Wildman–Crippen LogP) is 0.141. The van der Waals surface area contributed by atoms with Crippen LogP contribution in [0.4, 0.5) is 0 Å². The zero-order chi connectivity index (χ0) is 13.1. The molecule has 2 heterocycles. The van der Waals surface area contributed by atoms with E-state index < -0.39 is 6.10 Å². The van der Waals surface area contributed by atoms with Crippen LogP contribution in [0, 0.1) is 0 Å². The van der Waals surface area contributed by atoms with E-state index in [1.165, 1.54) is 0 Å². The zero-order valence-corrected chi connectivity index (χ0v) is 10.7. The Hall–Kier alpha value is -1.73. The van der Waals surface area contributed by atoms with Crippen molar-refractivity contribution in [3.63, 3.8) is 0 Å². The second kappa shape index (κ2) is 5.28. The molecule has 0 saturated heterocycles. The topological polar surface area (TPSA) is 80.2 Å². The van der Waals surface area contributed by atoms with Crippen molar-refractivity contribution in [3.05, 3.63) is 29.7 Å². The van der Waals surface area contributed by atoms with Crippen molar-refractivity contribution < 1.29 is 9.63 Å². The Bertz CT molecular complexity index is 505. The standard InChI is InChI=1S/C11H17N5O2/c1-15(2)7-10-13-11(18-14-10)6-9(17)8-4-5-12-16(8)3/h4-5,9,17H,6-7H2,1-3H3. The molecule has 7 nitrogen and oxygen atoms in total. The van der Waals surface area contributed by atoms with Crippen LogP contribution >= 0.6 is 0 Å². The number of aliphatic hydroxyl groups excluding tert-OH is 1. The van der Waals surface area contributed by atoms with Gasteiger partial charge in [-0.15, -0.1) is 0 Å². The number of aromatic nitrogens is 4. The molecule has 0 aliphatic carbocycles. The van der Waals surface area contributed by atoms with Crippen molar-refractivity contribution in [2.45, 2.75) is 19.1 Å². The Balaban J connectivity index is 2.01. The average Bonchev–Trinajstić information content (AvgIpc) is 2.87. The van der Waals surface area contributed by atoms with Crippen LogP contribution in [0.3, 0.4) is 0 Å². The van der Waals surface area contributed by atoms with Crippen molar-refractivity contribution in [3.8, 4) is 0 Å². The van der Waals surface area contributed by atoms with Crippen LogP contribution in [-0.2, 0) is 20.0 Å². The number of aliphatic hydroxyl groups is 1. The molecule has 0 radical (unpaired) electrons. The maximum atomic E-state index is 10.0. The lowest BCUT2D eigenvalue weighted by atomic mass is 10.2. The highest BCUT2D eigenvalue weighted by atomic mass is 16.5. The lowest BCUT2D eigenvalue weighted by molar-refractivity contribution is 0.155. The van der Waals surface area contributed by atoms with Crippen LogP contribution in [0.25, 0.3) is 0 Å². The molecule has 0 fully saturated rings. The molecule has 1 atom stereocenters. The number of hydrogen-bond donors (Lipinski definition) is 1. The van der Waals surface area contributed by atoms with Gasteiger partial charge in [-0.25, -0.2) is 0 Å². The molecule has 18 heavy (non-hydrogen) atoms. The van der Waals surface area contributed by atoms with Gasteiger partial charge in [0.15, 0.2) is 5.82 Å². The second-order valence-electron chi connectivity index (χ2n) is 4.44. The van der Waals surface area contributed by atoms with Gasteiger partial charge in [0.1, 0.15) is 6.10 Å². The fraction of sp³-hybridized carbons (Fsp3) is 0.545. The molecule has 1 N–H and O–H groups in total. The predicted molar refractivity (Wildman–Crippen MR) is 63.6 cm³/mol. The number of hydrogen-bond acceptors (Lipinski definition) is 6. The van der Waals surface area contributed by atoms with E-state index in [1.807, 2.05) is 19.0 Å². The minimum Gasteiger partial charge on any atom is -0.386 e. The molecule has 0 saturated carbocycles. The van der Waals surface area contributed by atoms with Gasteiger partial charge in [0, 0.05) is 13.2 Å². The molecule has 2 aromatic heterocycles. The molecule has 0 bridgehead atoms. The average molecular weight is 251 g/mol. The Morgan fingerprint density at radius 2 is 2.28 bits per heavy atom. The second-order valence-corrected chi connectivity index (χ2v) is 4.44. The minimum absolute atomic E-state index is 0.292. The first-order chi connectivity index (χ1) is 8.56. The molecule has 0 amide bonds. The number of aryl methyl sites for hydroxylation is 1. The van der Waals surface area contributed by atoms with E-state index in [0.717, 1.165) is 5.69 Å². The van der Waals surface area contributed by atoms with Gasteiger partial charge in [-0.05, 0) is 20.2 Å². The molecule has 0 aromatic carbocycles. The van der Waals surface area contributed by atoms with Crippen LogP contribution in [0.15, 0.2) is 16.8 Å². The largest absolute Gasteiger partial charge is 0.386 e. The zero-order valence-electron chi connectivity index (χ0n) is 10.7. The Kier molecular flexibility index (Phi) is 3.73. The fourth-order valence-electron chi connectivity index (χ4n) is 1.70. The monoisotopic (exact) mass is 251 g/mol. The quantitative estimate of drug-likeness (QED) is 0.814. The van der Waals surface area contributed by atoms with E-state index in [4.69, 9.17) is 4.52 Å². The van der Waals surface area contributed by atoms with Crippen LogP contribution < -0.4 is 0 Å². The van der Waals surface area contributed by atoms with Crippen LogP contribution in [0.2, 0.25) is 0 Å². The first kappa shape index (κ1) is 12.7. The molecule has 0 aliphatic rings. The van der Waals surface area contributed by atoms with Crippen LogP contribution in [0.5, 0.6) is 0 Å². The highest BCUT2D eigenvalue weighted by Crippen LogP contribution is 2.16. The van der Waals surface area contributed by atoms with Gasteiger partial charge in [-0.1, -0.05) is 5.16 Å². The van der Waals surface area contributed by atoms with E-state index in [0.29, 0.717) is 24.7 Å². The smallest absolute Gasteiger partial charge is 0.229 e. The summed E-state index contributed by atoms with van der Waals surface area (Å²) in [4.78, 5) is 6.17.